The van der Waals surface area contributed by atoms with E-state index in [2.05, 4.69) is 312 Å². The molecule has 6 aliphatic rings. The Morgan fingerprint density at radius 1 is 0.238 bits per heavy atom. The zero-order valence-electron chi connectivity index (χ0n) is 77.6. The van der Waals surface area contributed by atoms with Crippen LogP contribution < -0.4 is 20.7 Å². The average molecular weight is 1680 g/mol. The van der Waals surface area contributed by atoms with Crippen molar-refractivity contribution in [2.24, 2.45) is 0 Å². The SMILES string of the molecule is CCCCCCCCC1(CCCCCCCC)c2ccccc2-c2ccc(-c3ccc4c(c3)C(C)(C)c3cc(-c5cc6c(c7c5oc5ccccc57)-c5ccc7c(c5[Si]6(C)C)[Si](C)(C)c5cc(-c6ccc8c(c6)C(C)(C)c6cc(-c9ccc%10c(c9)C(CCCCCCCC)(CCCCCCCC)c9ccccc9-%10)ccc6-8)c6oc8ccccc8c6c5-7)ccc3-4)cc21. The molecule has 2 aromatic heterocycles. The second-order valence-electron chi connectivity index (χ2n) is 41.6. The Labute approximate surface area is 753 Å². The quantitative estimate of drug-likeness (QED) is 0.0310. The maximum atomic E-state index is 7.38. The van der Waals surface area contributed by atoms with Gasteiger partial charge < -0.3 is 8.83 Å². The van der Waals surface area contributed by atoms with Gasteiger partial charge in [-0.1, -0.05) is 418 Å². The first-order valence-corrected chi connectivity index (χ1v) is 55.6. The molecule has 0 atom stereocenters. The molecule has 2 nitrogen and oxygen atoms in total. The van der Waals surface area contributed by atoms with Gasteiger partial charge in [-0.25, -0.2) is 0 Å². The van der Waals surface area contributed by atoms with Crippen LogP contribution in [0, 0.1) is 0 Å². The van der Waals surface area contributed by atoms with E-state index in [1.165, 1.54) is 345 Å². The molecule has 21 rings (SSSR count). The van der Waals surface area contributed by atoms with Crippen molar-refractivity contribution in [2.45, 2.75) is 283 Å². The van der Waals surface area contributed by atoms with Crippen LogP contribution in [0.5, 0.6) is 0 Å². The molecule has 0 saturated carbocycles. The molecule has 4 aliphatic carbocycles. The number of fused-ring (bicyclic) bond motifs is 27. The van der Waals surface area contributed by atoms with Crippen LogP contribution in [-0.4, -0.2) is 16.1 Å². The van der Waals surface area contributed by atoms with Crippen molar-refractivity contribution in [3.63, 3.8) is 0 Å². The van der Waals surface area contributed by atoms with Gasteiger partial charge in [-0.3, -0.25) is 0 Å². The van der Waals surface area contributed by atoms with E-state index in [1.54, 1.807) is 32.6 Å². The molecule has 0 saturated heterocycles. The highest BCUT2D eigenvalue weighted by Gasteiger charge is 2.52. The van der Waals surface area contributed by atoms with Crippen LogP contribution in [0.25, 0.3) is 155 Å². The number of rotatable bonds is 32. The Morgan fingerprint density at radius 2 is 0.500 bits per heavy atom. The van der Waals surface area contributed by atoms with E-state index in [0.717, 1.165) is 22.3 Å². The van der Waals surface area contributed by atoms with E-state index >= 15 is 0 Å². The lowest BCUT2D eigenvalue weighted by Gasteiger charge is -2.33. The van der Waals surface area contributed by atoms with Crippen molar-refractivity contribution in [1.82, 2.24) is 0 Å². The molecule has 126 heavy (non-hydrogen) atoms. The van der Waals surface area contributed by atoms with Gasteiger partial charge in [-0.15, -0.1) is 0 Å². The van der Waals surface area contributed by atoms with E-state index in [4.69, 9.17) is 8.83 Å². The summed E-state index contributed by atoms with van der Waals surface area (Å²) in [5.74, 6) is 0. The minimum atomic E-state index is -2.55. The van der Waals surface area contributed by atoms with Crippen LogP contribution in [0.1, 0.15) is 280 Å². The Bertz CT molecular complexity index is 6370. The van der Waals surface area contributed by atoms with Crippen LogP contribution in [0.3, 0.4) is 0 Å². The molecule has 0 spiro atoms. The van der Waals surface area contributed by atoms with Gasteiger partial charge >= 0.3 is 0 Å². The number of hydrogen-bond donors (Lipinski definition) is 0. The largest absolute Gasteiger partial charge is 0.455 e. The molecule has 2 aliphatic heterocycles. The molecule has 4 heterocycles. The summed E-state index contributed by atoms with van der Waals surface area (Å²) in [6.07, 6.45) is 36.6. The highest BCUT2D eigenvalue weighted by Crippen LogP contribution is 2.61. The van der Waals surface area contributed by atoms with E-state index in [0.29, 0.717) is 0 Å². The van der Waals surface area contributed by atoms with Gasteiger partial charge in [0.1, 0.15) is 38.5 Å². The third-order valence-corrected chi connectivity index (χ3v) is 39.9. The minimum absolute atomic E-state index is 0.0292. The summed E-state index contributed by atoms with van der Waals surface area (Å²) in [4.78, 5) is 0. The van der Waals surface area contributed by atoms with E-state index in [9.17, 15) is 0 Å². The normalized spacial score (nSPS) is 15.8. The highest BCUT2D eigenvalue weighted by atomic mass is 28.3. The summed E-state index contributed by atoms with van der Waals surface area (Å²) >= 11 is 0. The Morgan fingerprint density at radius 3 is 0.841 bits per heavy atom. The molecule has 0 unspecified atom stereocenters. The fraction of sp³-hybridized carbons (Fsp3) is 0.361. The highest BCUT2D eigenvalue weighted by molar-refractivity contribution is 7.13. The van der Waals surface area contributed by atoms with Gasteiger partial charge in [-0.05, 0) is 240 Å². The van der Waals surface area contributed by atoms with Crippen LogP contribution in [-0.2, 0) is 21.7 Å². The van der Waals surface area contributed by atoms with Gasteiger partial charge in [0, 0.05) is 54.3 Å². The third-order valence-electron chi connectivity index (χ3n) is 32.6. The van der Waals surface area contributed by atoms with Gasteiger partial charge in [-0.2, -0.15) is 0 Å². The van der Waals surface area contributed by atoms with Gasteiger partial charge in [0.15, 0.2) is 0 Å². The fourth-order valence-electron chi connectivity index (χ4n) is 26.0. The van der Waals surface area contributed by atoms with E-state index in [1.807, 2.05) is 0 Å². The minimum Gasteiger partial charge on any atom is -0.455 e. The first-order chi connectivity index (χ1) is 61.4. The smallest absolute Gasteiger partial charge is 0.143 e. The molecule has 0 amide bonds. The fourth-order valence-corrected chi connectivity index (χ4v) is 34.4. The lowest BCUT2D eigenvalue weighted by molar-refractivity contribution is 0.398. The summed E-state index contributed by atoms with van der Waals surface area (Å²) in [5, 5.41) is 11.2. The molecule has 0 bridgehead atoms. The maximum absolute atomic E-state index is 7.38. The first-order valence-electron chi connectivity index (χ1n) is 49.6. The van der Waals surface area contributed by atoms with Crippen molar-refractivity contribution in [2.75, 3.05) is 0 Å². The monoisotopic (exact) mass is 1680 g/mol. The van der Waals surface area contributed by atoms with Crippen molar-refractivity contribution < 1.29 is 8.83 Å². The van der Waals surface area contributed by atoms with Gasteiger partial charge in [0.25, 0.3) is 0 Å². The molecular weight excluding hydrogens is 1550 g/mol. The summed E-state index contributed by atoms with van der Waals surface area (Å²) in [7, 11) is -5.10. The molecule has 0 N–H and O–H groups in total. The lowest BCUT2D eigenvalue weighted by atomic mass is 9.70. The molecule has 638 valence electrons. The number of unbranched alkanes of at least 4 members (excludes halogenated alkanes) is 20. The van der Waals surface area contributed by atoms with E-state index in [-0.39, 0.29) is 21.7 Å². The number of benzene rings is 13. The number of furan rings is 2. The second-order valence-corrected chi connectivity index (χ2v) is 50.2. The maximum Gasteiger partial charge on any atom is 0.143 e. The molecule has 0 fully saturated rings. The second kappa shape index (κ2) is 32.6. The van der Waals surface area contributed by atoms with Crippen LogP contribution in [0.4, 0.5) is 0 Å². The zero-order chi connectivity index (χ0) is 86.2. The Kier molecular flexibility index (Phi) is 21.4. The molecular formula is C122H130O2Si2. The summed E-state index contributed by atoms with van der Waals surface area (Å²) in [6, 6.07) is 92.3. The Balaban J connectivity index is 0.617. The first kappa shape index (κ1) is 82.8. The molecule has 0 radical (unpaired) electrons. The average Bonchev–Trinajstić information content (AvgIpc) is 1.50. The zero-order valence-corrected chi connectivity index (χ0v) is 79.6. The van der Waals surface area contributed by atoms with Crippen molar-refractivity contribution >= 4 is 80.8 Å². The van der Waals surface area contributed by atoms with Crippen LogP contribution in [0.2, 0.25) is 26.2 Å². The van der Waals surface area contributed by atoms with Gasteiger partial charge in [0.05, 0.1) is 0 Å². The van der Waals surface area contributed by atoms with Crippen LogP contribution >= 0.6 is 0 Å². The predicted octanol–water partition coefficient (Wildman–Crippen LogP) is 33.9. The van der Waals surface area contributed by atoms with Crippen molar-refractivity contribution in [3.8, 4) is 111 Å². The summed E-state index contributed by atoms with van der Waals surface area (Å²) in [5.41, 5.74) is 42.3. The topological polar surface area (TPSA) is 26.3 Å². The van der Waals surface area contributed by atoms with Crippen LogP contribution in [0.15, 0.2) is 239 Å². The summed E-state index contributed by atoms with van der Waals surface area (Å²) in [6.45, 7) is 30.0. The van der Waals surface area contributed by atoms with Gasteiger partial charge in [0.2, 0.25) is 0 Å². The number of para-hydroxylation sites is 2. The molecule has 13 aromatic carbocycles. The van der Waals surface area contributed by atoms with Crippen molar-refractivity contribution in [1.29, 1.82) is 0 Å². The lowest BCUT2D eigenvalue weighted by Crippen LogP contribution is -2.63. The predicted molar refractivity (Wildman–Crippen MR) is 547 cm³/mol. The van der Waals surface area contributed by atoms with E-state index < -0.39 is 16.1 Å². The van der Waals surface area contributed by atoms with Crippen molar-refractivity contribution in [3.05, 3.63) is 275 Å². The number of hydrogen-bond acceptors (Lipinski definition) is 2. The third kappa shape index (κ3) is 13.1. The standard InChI is InChI=1S/C122H130O2Si2/c1-13-17-21-25-29-41-67-121(68-42-30-26-22-18-14-2)99-49-37-33-45-85(99)91-61-55-81(73-105(91)121)79-53-59-87-89-63-57-83(75-103(89)119(5,6)101(87)71-79)97-77-109-111(113-93-47-35-39-51-107(93)123-115(97)113)95-65-66-96-112-110(126(11,12)118(96)117(95)125(109,9)10)78-98(116-114(112)94-48-36-40-52-108(94)124-116)84-58-64-90-88-60-54-80(72-102(88)120(7,8)104(90)76-84)82-56-62-92-86-46-34-38-50-100(86)122(106(92)74-82,69-43-31-27-23-19-15-3)70-44-32-28-24-20-16-4/h33-40,45-66,71-78H,13-32,41-44,67-70H2,1-12H3. The summed E-state index contributed by atoms with van der Waals surface area (Å²) < 4.78 is 14.8. The molecule has 4 heteroatoms. The Hall–Kier alpha value is -10.1. The molecule has 15 aromatic rings.